The highest BCUT2D eigenvalue weighted by Crippen LogP contribution is 2.20. The maximum absolute atomic E-state index is 13.1. The summed E-state index contributed by atoms with van der Waals surface area (Å²) in [5.74, 6) is 1.51. The zero-order chi connectivity index (χ0) is 23.2. The molecule has 2 N–H and O–H groups in total. The average molecular weight is 445 g/mol. The highest BCUT2D eigenvalue weighted by molar-refractivity contribution is 5.97. The second-order valence-electron chi connectivity index (χ2n) is 8.22. The summed E-state index contributed by atoms with van der Waals surface area (Å²) in [6.07, 6.45) is 1.77. The Morgan fingerprint density at radius 2 is 1.70 bits per heavy atom. The fourth-order valence-corrected chi connectivity index (χ4v) is 3.73. The summed E-state index contributed by atoms with van der Waals surface area (Å²) < 4.78 is 0. The van der Waals surface area contributed by atoms with Crippen molar-refractivity contribution < 1.29 is 9.59 Å². The second-order valence-corrected chi connectivity index (χ2v) is 8.22. The molecule has 1 fully saturated rings. The lowest BCUT2D eigenvalue weighted by Crippen LogP contribution is -2.49. The number of amides is 3. The van der Waals surface area contributed by atoms with Gasteiger partial charge in [-0.2, -0.15) is 0 Å². The van der Waals surface area contributed by atoms with Gasteiger partial charge in [0.15, 0.2) is 5.82 Å². The Bertz CT molecular complexity index is 1110. The average Bonchev–Trinajstić information content (AvgIpc) is 2.84. The lowest BCUT2D eigenvalue weighted by molar-refractivity contribution is 0.0746. The van der Waals surface area contributed by atoms with Gasteiger partial charge in [-0.05, 0) is 38.1 Å². The fraction of sp³-hybridized carbons (Fsp3) is 0.280. The SMILES string of the molecule is CC(C)NC(=O)Nc1cccc(C(=O)N2CCN(c3ccnc(-c4ccccc4)n3)CC2)c1. The van der Waals surface area contributed by atoms with Gasteiger partial charge in [-0.25, -0.2) is 14.8 Å². The molecule has 0 bridgehead atoms. The van der Waals surface area contributed by atoms with Gasteiger partial charge < -0.3 is 20.4 Å². The maximum atomic E-state index is 13.1. The first-order chi connectivity index (χ1) is 16.0. The molecule has 33 heavy (non-hydrogen) atoms. The van der Waals surface area contributed by atoms with Crippen LogP contribution < -0.4 is 15.5 Å². The molecule has 1 aliphatic rings. The Morgan fingerprint density at radius 3 is 2.42 bits per heavy atom. The van der Waals surface area contributed by atoms with Crippen molar-refractivity contribution in [3.05, 3.63) is 72.4 Å². The van der Waals surface area contributed by atoms with Crippen molar-refractivity contribution in [2.75, 3.05) is 36.4 Å². The number of rotatable bonds is 5. The molecule has 1 aromatic heterocycles. The van der Waals surface area contributed by atoms with Crippen molar-refractivity contribution in [2.45, 2.75) is 19.9 Å². The standard InChI is InChI=1S/C25H28N6O2/c1-18(2)27-25(33)28-21-10-6-9-20(17-21)24(32)31-15-13-30(14-16-31)22-11-12-26-23(29-22)19-7-4-3-5-8-19/h3-12,17-18H,13-16H2,1-2H3,(H2,27,28,33). The van der Waals surface area contributed by atoms with Crippen LogP contribution in [-0.4, -0.2) is 59.0 Å². The van der Waals surface area contributed by atoms with Crippen LogP contribution in [0.25, 0.3) is 11.4 Å². The molecule has 2 heterocycles. The zero-order valence-corrected chi connectivity index (χ0v) is 18.9. The molecular weight excluding hydrogens is 416 g/mol. The maximum Gasteiger partial charge on any atom is 0.319 e. The van der Waals surface area contributed by atoms with Gasteiger partial charge in [0, 0.05) is 55.2 Å². The summed E-state index contributed by atoms with van der Waals surface area (Å²) in [6.45, 7) is 6.34. The molecule has 1 saturated heterocycles. The minimum absolute atomic E-state index is 0.0322. The first-order valence-corrected chi connectivity index (χ1v) is 11.1. The van der Waals surface area contributed by atoms with Crippen molar-refractivity contribution in [2.24, 2.45) is 0 Å². The van der Waals surface area contributed by atoms with Crippen LogP contribution >= 0.6 is 0 Å². The van der Waals surface area contributed by atoms with E-state index in [1.165, 1.54) is 0 Å². The number of anilines is 2. The van der Waals surface area contributed by atoms with Gasteiger partial charge in [-0.1, -0.05) is 36.4 Å². The van der Waals surface area contributed by atoms with Gasteiger partial charge in [0.1, 0.15) is 5.82 Å². The predicted octanol–water partition coefficient (Wildman–Crippen LogP) is 3.64. The number of hydrogen-bond acceptors (Lipinski definition) is 5. The van der Waals surface area contributed by atoms with E-state index in [0.29, 0.717) is 43.3 Å². The van der Waals surface area contributed by atoms with E-state index in [0.717, 1.165) is 11.4 Å². The van der Waals surface area contributed by atoms with E-state index in [1.54, 1.807) is 30.5 Å². The fourth-order valence-electron chi connectivity index (χ4n) is 3.73. The summed E-state index contributed by atoms with van der Waals surface area (Å²) in [7, 11) is 0. The largest absolute Gasteiger partial charge is 0.353 e. The summed E-state index contributed by atoms with van der Waals surface area (Å²) in [4.78, 5) is 38.1. The molecule has 8 heteroatoms. The smallest absolute Gasteiger partial charge is 0.319 e. The van der Waals surface area contributed by atoms with Gasteiger partial charge in [-0.15, -0.1) is 0 Å². The van der Waals surface area contributed by atoms with Crippen molar-refractivity contribution in [3.63, 3.8) is 0 Å². The second kappa shape index (κ2) is 10.1. The van der Waals surface area contributed by atoms with Gasteiger partial charge in [-0.3, -0.25) is 4.79 Å². The molecule has 2 aromatic carbocycles. The van der Waals surface area contributed by atoms with E-state index >= 15 is 0 Å². The topological polar surface area (TPSA) is 90.5 Å². The van der Waals surface area contributed by atoms with Gasteiger partial charge >= 0.3 is 6.03 Å². The predicted molar refractivity (Wildman–Crippen MR) is 129 cm³/mol. The summed E-state index contributed by atoms with van der Waals surface area (Å²) in [5.41, 5.74) is 2.12. The first-order valence-electron chi connectivity index (χ1n) is 11.1. The van der Waals surface area contributed by atoms with E-state index in [9.17, 15) is 9.59 Å². The molecule has 0 spiro atoms. The number of carbonyl (C=O) groups excluding carboxylic acids is 2. The van der Waals surface area contributed by atoms with E-state index in [1.807, 2.05) is 55.1 Å². The Hall–Kier alpha value is -3.94. The van der Waals surface area contributed by atoms with E-state index in [-0.39, 0.29) is 18.0 Å². The number of piperazine rings is 1. The highest BCUT2D eigenvalue weighted by Gasteiger charge is 2.23. The lowest BCUT2D eigenvalue weighted by atomic mass is 10.1. The monoisotopic (exact) mass is 444 g/mol. The molecule has 0 atom stereocenters. The summed E-state index contributed by atoms with van der Waals surface area (Å²) in [5, 5.41) is 5.55. The van der Waals surface area contributed by atoms with Gasteiger partial charge in [0.2, 0.25) is 0 Å². The molecule has 4 rings (SSSR count). The third-order valence-corrected chi connectivity index (χ3v) is 5.35. The zero-order valence-electron chi connectivity index (χ0n) is 18.9. The molecular formula is C25H28N6O2. The lowest BCUT2D eigenvalue weighted by Gasteiger charge is -2.35. The molecule has 0 saturated carbocycles. The Morgan fingerprint density at radius 1 is 0.939 bits per heavy atom. The third-order valence-electron chi connectivity index (χ3n) is 5.35. The van der Waals surface area contributed by atoms with Crippen molar-refractivity contribution >= 4 is 23.4 Å². The van der Waals surface area contributed by atoms with Crippen molar-refractivity contribution in [1.82, 2.24) is 20.2 Å². The van der Waals surface area contributed by atoms with Crippen LogP contribution in [0.15, 0.2) is 66.9 Å². The number of aromatic nitrogens is 2. The van der Waals surface area contributed by atoms with Crippen LogP contribution in [0.2, 0.25) is 0 Å². The number of urea groups is 1. The summed E-state index contributed by atoms with van der Waals surface area (Å²) >= 11 is 0. The Balaban J connectivity index is 1.38. The molecule has 3 amide bonds. The number of benzene rings is 2. The quantitative estimate of drug-likeness (QED) is 0.627. The van der Waals surface area contributed by atoms with E-state index in [4.69, 9.17) is 4.98 Å². The van der Waals surface area contributed by atoms with Gasteiger partial charge in [0.25, 0.3) is 5.91 Å². The minimum atomic E-state index is -0.289. The van der Waals surface area contributed by atoms with Crippen LogP contribution in [0.3, 0.4) is 0 Å². The Kier molecular flexibility index (Phi) is 6.83. The molecule has 0 aliphatic carbocycles. The van der Waals surface area contributed by atoms with Crippen molar-refractivity contribution in [3.8, 4) is 11.4 Å². The first kappa shape index (κ1) is 22.3. The van der Waals surface area contributed by atoms with Crippen LogP contribution in [0.4, 0.5) is 16.3 Å². The van der Waals surface area contributed by atoms with Crippen LogP contribution in [-0.2, 0) is 0 Å². The van der Waals surface area contributed by atoms with Crippen LogP contribution in [0, 0.1) is 0 Å². The van der Waals surface area contributed by atoms with Crippen LogP contribution in [0.5, 0.6) is 0 Å². The van der Waals surface area contributed by atoms with Gasteiger partial charge in [0.05, 0.1) is 0 Å². The van der Waals surface area contributed by atoms with Crippen molar-refractivity contribution in [1.29, 1.82) is 0 Å². The highest BCUT2D eigenvalue weighted by atomic mass is 16.2. The number of carbonyl (C=O) groups is 2. The minimum Gasteiger partial charge on any atom is -0.353 e. The molecule has 0 unspecified atom stereocenters. The molecule has 1 aliphatic heterocycles. The normalized spacial score (nSPS) is 13.7. The molecule has 170 valence electrons. The van der Waals surface area contributed by atoms with E-state index < -0.39 is 0 Å². The third kappa shape index (κ3) is 5.65. The summed E-state index contributed by atoms with van der Waals surface area (Å²) in [6, 6.07) is 18.6. The Labute approximate surface area is 193 Å². The van der Waals surface area contributed by atoms with Crippen LogP contribution in [0.1, 0.15) is 24.2 Å². The number of hydrogen-bond donors (Lipinski definition) is 2. The molecule has 3 aromatic rings. The molecule has 8 nitrogen and oxygen atoms in total. The van der Waals surface area contributed by atoms with E-state index in [2.05, 4.69) is 20.5 Å². The molecule has 0 radical (unpaired) electrons. The number of nitrogens with zero attached hydrogens (tertiary/aromatic N) is 4. The number of nitrogens with one attached hydrogen (secondary N) is 2.